The molecule has 1 aliphatic rings. The third kappa shape index (κ3) is 2.19. The lowest BCUT2D eigenvalue weighted by Crippen LogP contribution is -2.30. The summed E-state index contributed by atoms with van der Waals surface area (Å²) in [7, 11) is 0. The molecule has 0 spiro atoms. The Morgan fingerprint density at radius 2 is 2.20 bits per heavy atom. The summed E-state index contributed by atoms with van der Waals surface area (Å²) >= 11 is 0. The van der Waals surface area contributed by atoms with Gasteiger partial charge in [0.2, 0.25) is 0 Å². The molecule has 3 rings (SSSR count). The Bertz CT molecular complexity index is 653. The minimum absolute atomic E-state index is 0.0578. The van der Waals surface area contributed by atoms with E-state index >= 15 is 0 Å². The maximum atomic E-state index is 11.1. The van der Waals surface area contributed by atoms with Crippen molar-refractivity contribution in [1.29, 1.82) is 0 Å². The molecular formula is C15H17N3O2. The summed E-state index contributed by atoms with van der Waals surface area (Å²) < 4.78 is 0. The van der Waals surface area contributed by atoms with Crippen LogP contribution in [0.5, 0.6) is 0 Å². The molecule has 104 valence electrons. The molecule has 1 atom stereocenters. The van der Waals surface area contributed by atoms with Crippen molar-refractivity contribution in [1.82, 2.24) is 4.98 Å². The predicted molar refractivity (Wildman–Crippen MR) is 78.8 cm³/mol. The fraction of sp³-hybridized carbons (Fsp3) is 0.400. The van der Waals surface area contributed by atoms with E-state index in [0.717, 1.165) is 11.1 Å². The molecule has 1 unspecified atom stereocenters. The molecular weight excluding hydrogens is 254 g/mol. The van der Waals surface area contributed by atoms with Crippen LogP contribution in [-0.4, -0.2) is 15.9 Å². The molecule has 1 N–H and O–H groups in total. The smallest absolute Gasteiger partial charge is 0.295 e. The summed E-state index contributed by atoms with van der Waals surface area (Å²) in [6.07, 6.45) is 5.46. The molecule has 1 aliphatic carbocycles. The van der Waals surface area contributed by atoms with E-state index in [1.165, 1.54) is 25.3 Å². The molecule has 1 heterocycles. The molecule has 20 heavy (non-hydrogen) atoms. The van der Waals surface area contributed by atoms with Gasteiger partial charge in [-0.3, -0.25) is 10.1 Å². The number of pyridine rings is 1. The number of fused-ring (bicyclic) bond motifs is 1. The minimum Gasteiger partial charge on any atom is -0.382 e. The van der Waals surface area contributed by atoms with E-state index in [1.54, 1.807) is 12.3 Å². The van der Waals surface area contributed by atoms with Gasteiger partial charge in [-0.25, -0.2) is 4.98 Å². The lowest BCUT2D eigenvalue weighted by molar-refractivity contribution is -0.383. The molecule has 1 fully saturated rings. The van der Waals surface area contributed by atoms with Crippen molar-refractivity contribution in [2.75, 3.05) is 5.32 Å². The van der Waals surface area contributed by atoms with Crippen LogP contribution in [0.4, 0.5) is 11.4 Å². The van der Waals surface area contributed by atoms with Crippen LogP contribution in [0.15, 0.2) is 30.5 Å². The number of non-ortho nitro benzene ring substituents is 1. The van der Waals surface area contributed by atoms with Gasteiger partial charge in [-0.05, 0) is 31.7 Å². The fourth-order valence-corrected chi connectivity index (χ4v) is 2.74. The number of para-hydroxylation sites is 1. The van der Waals surface area contributed by atoms with Gasteiger partial charge in [0, 0.05) is 29.4 Å². The molecule has 1 aromatic carbocycles. The van der Waals surface area contributed by atoms with Gasteiger partial charge in [0.15, 0.2) is 0 Å². The second-order valence-electron chi connectivity index (χ2n) is 5.41. The standard InChI is InChI=1S/C15H17N3O2/c1-10(11-4-2-5-11)17-13-8-9-16-15-12(13)6-3-7-14(15)18(19)20/h3,6-11H,2,4-5H2,1H3,(H,16,17). The van der Waals surface area contributed by atoms with Crippen molar-refractivity contribution >= 4 is 22.3 Å². The lowest BCUT2D eigenvalue weighted by atomic mass is 9.80. The maximum absolute atomic E-state index is 11.1. The SMILES string of the molecule is CC(Nc1ccnc2c([N+](=O)[O-])cccc12)C1CCC1. The molecule has 0 amide bonds. The third-order valence-electron chi connectivity index (χ3n) is 4.19. The van der Waals surface area contributed by atoms with Crippen molar-refractivity contribution in [3.8, 4) is 0 Å². The van der Waals surface area contributed by atoms with Gasteiger partial charge >= 0.3 is 0 Å². The number of benzene rings is 1. The van der Waals surface area contributed by atoms with E-state index in [-0.39, 0.29) is 10.6 Å². The molecule has 0 saturated heterocycles. The number of nitro benzene ring substituents is 1. The zero-order chi connectivity index (χ0) is 14.1. The molecule has 5 nitrogen and oxygen atoms in total. The summed E-state index contributed by atoms with van der Waals surface area (Å²) in [5.41, 5.74) is 1.43. The molecule has 2 aromatic rings. The van der Waals surface area contributed by atoms with E-state index in [0.29, 0.717) is 17.5 Å². The zero-order valence-corrected chi connectivity index (χ0v) is 11.4. The predicted octanol–water partition coefficient (Wildman–Crippen LogP) is 3.74. The van der Waals surface area contributed by atoms with Gasteiger partial charge in [-0.1, -0.05) is 18.6 Å². The van der Waals surface area contributed by atoms with Gasteiger partial charge in [0.1, 0.15) is 5.52 Å². The van der Waals surface area contributed by atoms with Crippen LogP contribution in [0, 0.1) is 16.0 Å². The molecule has 1 saturated carbocycles. The van der Waals surface area contributed by atoms with Crippen molar-refractivity contribution in [3.05, 3.63) is 40.6 Å². The Hall–Kier alpha value is -2.17. The van der Waals surface area contributed by atoms with Crippen LogP contribution in [0.25, 0.3) is 10.9 Å². The highest BCUT2D eigenvalue weighted by Gasteiger charge is 2.24. The largest absolute Gasteiger partial charge is 0.382 e. The van der Waals surface area contributed by atoms with Gasteiger partial charge in [0.05, 0.1) is 4.92 Å². The minimum atomic E-state index is -0.380. The Morgan fingerprint density at radius 1 is 1.40 bits per heavy atom. The zero-order valence-electron chi connectivity index (χ0n) is 11.4. The summed E-state index contributed by atoms with van der Waals surface area (Å²) in [5.74, 6) is 0.705. The first-order chi connectivity index (χ1) is 9.66. The first-order valence-electron chi connectivity index (χ1n) is 6.95. The van der Waals surface area contributed by atoms with Crippen molar-refractivity contribution in [2.24, 2.45) is 5.92 Å². The molecule has 1 aromatic heterocycles. The van der Waals surface area contributed by atoms with Gasteiger partial charge < -0.3 is 5.32 Å². The van der Waals surface area contributed by atoms with Crippen LogP contribution < -0.4 is 5.32 Å². The number of rotatable bonds is 4. The van der Waals surface area contributed by atoms with Crippen molar-refractivity contribution < 1.29 is 4.92 Å². The summed E-state index contributed by atoms with van der Waals surface area (Å²) in [5, 5.41) is 15.4. The number of nitrogens with one attached hydrogen (secondary N) is 1. The quantitative estimate of drug-likeness (QED) is 0.679. The highest BCUT2D eigenvalue weighted by molar-refractivity contribution is 5.96. The average Bonchev–Trinajstić information content (AvgIpc) is 2.36. The van der Waals surface area contributed by atoms with Crippen molar-refractivity contribution in [2.45, 2.75) is 32.2 Å². The summed E-state index contributed by atoms with van der Waals surface area (Å²) in [6.45, 7) is 2.17. The Labute approximate surface area is 117 Å². The van der Waals surface area contributed by atoms with E-state index in [4.69, 9.17) is 0 Å². The van der Waals surface area contributed by atoms with E-state index in [1.807, 2.05) is 12.1 Å². The average molecular weight is 271 g/mol. The van der Waals surface area contributed by atoms with Gasteiger partial charge in [-0.2, -0.15) is 0 Å². The normalized spacial score (nSPS) is 16.6. The summed E-state index contributed by atoms with van der Waals surface area (Å²) in [6, 6.07) is 7.36. The molecule has 5 heteroatoms. The topological polar surface area (TPSA) is 68.1 Å². The van der Waals surface area contributed by atoms with E-state index in [9.17, 15) is 10.1 Å². The first kappa shape index (κ1) is 12.8. The maximum Gasteiger partial charge on any atom is 0.295 e. The van der Waals surface area contributed by atoms with Gasteiger partial charge in [0.25, 0.3) is 5.69 Å². The highest BCUT2D eigenvalue weighted by Crippen LogP contribution is 2.33. The first-order valence-corrected chi connectivity index (χ1v) is 6.95. The Morgan fingerprint density at radius 3 is 2.85 bits per heavy atom. The van der Waals surface area contributed by atoms with Crippen LogP contribution >= 0.6 is 0 Å². The Kier molecular flexibility index (Phi) is 3.26. The highest BCUT2D eigenvalue weighted by atomic mass is 16.6. The Balaban J connectivity index is 1.98. The summed E-state index contributed by atoms with van der Waals surface area (Å²) in [4.78, 5) is 14.8. The van der Waals surface area contributed by atoms with Crippen molar-refractivity contribution in [3.63, 3.8) is 0 Å². The van der Waals surface area contributed by atoms with Crippen LogP contribution in [-0.2, 0) is 0 Å². The van der Waals surface area contributed by atoms with Crippen LogP contribution in [0.2, 0.25) is 0 Å². The number of nitrogens with zero attached hydrogens (tertiary/aromatic N) is 2. The second-order valence-corrected chi connectivity index (χ2v) is 5.41. The third-order valence-corrected chi connectivity index (χ3v) is 4.19. The molecule has 0 radical (unpaired) electrons. The monoisotopic (exact) mass is 271 g/mol. The molecule has 0 aliphatic heterocycles. The van der Waals surface area contributed by atoms with Crippen LogP contribution in [0.3, 0.4) is 0 Å². The number of aromatic nitrogens is 1. The fourth-order valence-electron chi connectivity index (χ4n) is 2.74. The number of hydrogen-bond acceptors (Lipinski definition) is 4. The van der Waals surface area contributed by atoms with E-state index < -0.39 is 0 Å². The second kappa shape index (κ2) is 5.07. The van der Waals surface area contributed by atoms with Gasteiger partial charge in [-0.15, -0.1) is 0 Å². The number of anilines is 1. The number of nitro groups is 1. The van der Waals surface area contributed by atoms with Crippen LogP contribution in [0.1, 0.15) is 26.2 Å². The van der Waals surface area contributed by atoms with E-state index in [2.05, 4.69) is 17.2 Å². The number of hydrogen-bond donors (Lipinski definition) is 1. The lowest BCUT2D eigenvalue weighted by Gasteiger charge is -2.32. The molecule has 0 bridgehead atoms.